The van der Waals surface area contributed by atoms with Crippen LogP contribution in [0.3, 0.4) is 0 Å². The molecule has 0 atom stereocenters. The summed E-state index contributed by atoms with van der Waals surface area (Å²) < 4.78 is 24.5. The largest absolute Gasteiger partial charge is 0.264 e. The van der Waals surface area contributed by atoms with Gasteiger partial charge in [0.2, 0.25) is 0 Å². The summed E-state index contributed by atoms with van der Waals surface area (Å²) in [5.74, 6) is 0.112. The van der Waals surface area contributed by atoms with Crippen LogP contribution in [0.5, 0.6) is 0 Å². The van der Waals surface area contributed by atoms with Crippen molar-refractivity contribution in [2.24, 2.45) is 0 Å². The van der Waals surface area contributed by atoms with Crippen molar-refractivity contribution in [2.45, 2.75) is 25.2 Å². The number of sulfone groups is 1. The molecule has 2 aromatic rings. The molecular formula is C15H17NO2S. The van der Waals surface area contributed by atoms with Gasteiger partial charge in [-0.25, -0.2) is 8.42 Å². The summed E-state index contributed by atoms with van der Waals surface area (Å²) in [6.07, 6.45) is 3.88. The predicted octanol–water partition coefficient (Wildman–Crippen LogP) is 2.71. The van der Waals surface area contributed by atoms with E-state index in [0.29, 0.717) is 11.3 Å². The number of hydrogen-bond donors (Lipinski definition) is 0. The van der Waals surface area contributed by atoms with Gasteiger partial charge in [0.1, 0.15) is 0 Å². The Kier molecular flexibility index (Phi) is 4.00. The van der Waals surface area contributed by atoms with E-state index in [4.69, 9.17) is 0 Å². The second kappa shape index (κ2) is 5.53. The minimum Gasteiger partial charge on any atom is -0.264 e. The van der Waals surface area contributed by atoms with Crippen LogP contribution in [0.2, 0.25) is 0 Å². The van der Waals surface area contributed by atoms with E-state index in [9.17, 15) is 8.42 Å². The molecule has 1 aromatic heterocycles. The Morgan fingerprint density at radius 3 is 2.53 bits per heavy atom. The Bertz CT molecular complexity index is 664. The number of nitrogens with zero attached hydrogens (tertiary/aromatic N) is 1. The third-order valence-electron chi connectivity index (χ3n) is 3.22. The van der Waals surface area contributed by atoms with E-state index in [1.54, 1.807) is 24.5 Å². The van der Waals surface area contributed by atoms with Crippen LogP contribution in [-0.2, 0) is 16.3 Å². The molecule has 0 N–H and O–H groups in total. The lowest BCUT2D eigenvalue weighted by Crippen LogP contribution is -2.09. The van der Waals surface area contributed by atoms with Crippen molar-refractivity contribution >= 4 is 9.84 Å². The summed E-state index contributed by atoms with van der Waals surface area (Å²) in [7, 11) is -3.23. The van der Waals surface area contributed by atoms with Crippen LogP contribution >= 0.6 is 0 Å². The SMILES string of the molecule is Cc1ccc(S(=O)(=O)CCc2cccnc2)cc1C. The first-order valence-corrected chi connectivity index (χ1v) is 7.83. The first-order valence-electron chi connectivity index (χ1n) is 6.18. The molecule has 0 spiro atoms. The molecule has 0 aliphatic heterocycles. The van der Waals surface area contributed by atoms with Crippen molar-refractivity contribution in [1.82, 2.24) is 4.98 Å². The summed E-state index contributed by atoms with van der Waals surface area (Å²) in [6.45, 7) is 3.90. The zero-order valence-corrected chi connectivity index (χ0v) is 11.9. The van der Waals surface area contributed by atoms with Crippen LogP contribution in [0.4, 0.5) is 0 Å². The number of aryl methyl sites for hydroxylation is 3. The van der Waals surface area contributed by atoms with E-state index in [2.05, 4.69) is 4.98 Å². The van der Waals surface area contributed by atoms with Crippen molar-refractivity contribution < 1.29 is 8.42 Å². The fourth-order valence-corrected chi connectivity index (χ4v) is 3.20. The summed E-state index contributed by atoms with van der Waals surface area (Å²) in [6, 6.07) is 8.99. The van der Waals surface area contributed by atoms with Gasteiger partial charge in [-0.1, -0.05) is 12.1 Å². The summed E-state index contributed by atoms with van der Waals surface area (Å²) in [5.41, 5.74) is 3.04. The quantitative estimate of drug-likeness (QED) is 0.862. The van der Waals surface area contributed by atoms with Gasteiger partial charge in [0.05, 0.1) is 10.6 Å². The molecule has 0 unspecified atom stereocenters. The molecule has 0 saturated carbocycles. The number of pyridine rings is 1. The number of aromatic nitrogens is 1. The summed E-state index contributed by atoms with van der Waals surface area (Å²) in [5, 5.41) is 0. The summed E-state index contributed by atoms with van der Waals surface area (Å²) >= 11 is 0. The van der Waals surface area contributed by atoms with E-state index in [1.807, 2.05) is 32.0 Å². The van der Waals surface area contributed by atoms with Gasteiger partial charge in [-0.05, 0) is 55.2 Å². The van der Waals surface area contributed by atoms with Crippen molar-refractivity contribution in [3.63, 3.8) is 0 Å². The highest BCUT2D eigenvalue weighted by molar-refractivity contribution is 7.91. The maximum absolute atomic E-state index is 12.2. The first-order chi connectivity index (χ1) is 8.99. The highest BCUT2D eigenvalue weighted by Gasteiger charge is 2.15. The zero-order valence-electron chi connectivity index (χ0n) is 11.1. The van der Waals surface area contributed by atoms with Crippen LogP contribution in [0.15, 0.2) is 47.6 Å². The maximum Gasteiger partial charge on any atom is 0.178 e. The Hall–Kier alpha value is -1.68. The Morgan fingerprint density at radius 1 is 1.11 bits per heavy atom. The topological polar surface area (TPSA) is 47.0 Å². The van der Waals surface area contributed by atoms with Crippen LogP contribution < -0.4 is 0 Å². The third-order valence-corrected chi connectivity index (χ3v) is 4.93. The van der Waals surface area contributed by atoms with Crippen molar-refractivity contribution in [1.29, 1.82) is 0 Å². The van der Waals surface area contributed by atoms with Gasteiger partial charge in [-0.15, -0.1) is 0 Å². The molecule has 2 rings (SSSR count). The molecule has 3 nitrogen and oxygen atoms in total. The second-order valence-electron chi connectivity index (χ2n) is 4.68. The van der Waals surface area contributed by atoms with E-state index in [1.165, 1.54) is 0 Å². The molecule has 100 valence electrons. The molecule has 0 aliphatic carbocycles. The highest BCUT2D eigenvalue weighted by atomic mass is 32.2. The van der Waals surface area contributed by atoms with Crippen molar-refractivity contribution in [3.8, 4) is 0 Å². The molecule has 1 aromatic carbocycles. The zero-order chi connectivity index (χ0) is 13.9. The first kappa shape index (κ1) is 13.7. The number of benzene rings is 1. The number of hydrogen-bond acceptors (Lipinski definition) is 3. The molecule has 0 bridgehead atoms. The van der Waals surface area contributed by atoms with E-state index in [-0.39, 0.29) is 5.75 Å². The minimum atomic E-state index is -3.23. The van der Waals surface area contributed by atoms with E-state index >= 15 is 0 Å². The second-order valence-corrected chi connectivity index (χ2v) is 6.79. The lowest BCUT2D eigenvalue weighted by molar-refractivity contribution is 0.595. The molecule has 0 saturated heterocycles. The smallest absolute Gasteiger partial charge is 0.178 e. The van der Waals surface area contributed by atoms with Gasteiger partial charge < -0.3 is 0 Å². The Balaban J connectivity index is 2.16. The van der Waals surface area contributed by atoms with Gasteiger partial charge in [-0.3, -0.25) is 4.98 Å². The average Bonchev–Trinajstić information content (AvgIpc) is 2.41. The molecular weight excluding hydrogens is 258 g/mol. The lowest BCUT2D eigenvalue weighted by atomic mass is 10.1. The molecule has 1 heterocycles. The Labute approximate surface area is 114 Å². The fraction of sp³-hybridized carbons (Fsp3) is 0.267. The minimum absolute atomic E-state index is 0.112. The van der Waals surface area contributed by atoms with Gasteiger partial charge in [0, 0.05) is 12.4 Å². The monoisotopic (exact) mass is 275 g/mol. The fourth-order valence-electron chi connectivity index (χ4n) is 1.82. The van der Waals surface area contributed by atoms with Crippen molar-refractivity contribution in [2.75, 3.05) is 5.75 Å². The van der Waals surface area contributed by atoms with Gasteiger partial charge in [0.25, 0.3) is 0 Å². The lowest BCUT2D eigenvalue weighted by Gasteiger charge is -2.07. The molecule has 0 fully saturated rings. The Morgan fingerprint density at radius 2 is 1.89 bits per heavy atom. The normalized spacial score (nSPS) is 11.5. The van der Waals surface area contributed by atoms with Crippen LogP contribution in [0.25, 0.3) is 0 Å². The molecule has 19 heavy (non-hydrogen) atoms. The average molecular weight is 275 g/mol. The predicted molar refractivity (Wildman–Crippen MR) is 75.9 cm³/mol. The van der Waals surface area contributed by atoms with E-state index < -0.39 is 9.84 Å². The molecule has 0 amide bonds. The molecule has 0 radical (unpaired) electrons. The standard InChI is InChI=1S/C15H17NO2S/c1-12-5-6-15(10-13(12)2)19(17,18)9-7-14-4-3-8-16-11-14/h3-6,8,10-11H,7,9H2,1-2H3. The summed E-state index contributed by atoms with van der Waals surface area (Å²) in [4.78, 5) is 4.39. The third kappa shape index (κ3) is 3.41. The van der Waals surface area contributed by atoms with Crippen molar-refractivity contribution in [3.05, 3.63) is 59.4 Å². The van der Waals surface area contributed by atoms with Gasteiger partial charge >= 0.3 is 0 Å². The number of rotatable bonds is 4. The maximum atomic E-state index is 12.2. The molecule has 0 aliphatic rings. The van der Waals surface area contributed by atoms with Gasteiger partial charge in [-0.2, -0.15) is 0 Å². The van der Waals surface area contributed by atoms with Crippen LogP contribution in [0, 0.1) is 13.8 Å². The van der Waals surface area contributed by atoms with Gasteiger partial charge in [0.15, 0.2) is 9.84 Å². The van der Waals surface area contributed by atoms with Crippen LogP contribution in [0.1, 0.15) is 16.7 Å². The highest BCUT2D eigenvalue weighted by Crippen LogP contribution is 2.17. The van der Waals surface area contributed by atoms with Crippen LogP contribution in [-0.4, -0.2) is 19.2 Å². The van der Waals surface area contributed by atoms with E-state index in [0.717, 1.165) is 16.7 Å². The molecule has 4 heteroatoms.